The highest BCUT2D eigenvalue weighted by Crippen LogP contribution is 2.32. The molecule has 0 spiro atoms. The normalized spacial score (nSPS) is 16.2. The summed E-state index contributed by atoms with van der Waals surface area (Å²) in [5, 5.41) is 5.15. The van der Waals surface area contributed by atoms with Gasteiger partial charge in [-0.15, -0.1) is 11.3 Å². The van der Waals surface area contributed by atoms with Crippen LogP contribution < -0.4 is 14.8 Å². The molecule has 0 bridgehead atoms. The SMILES string of the molecule is COc1ccc2c(c1)/C(=C/C(=O)c1cccc(NS(=O)(=O)c3cccs3)c1)NC(C)(C)C2. The topological polar surface area (TPSA) is 84.5 Å². The van der Waals surface area contributed by atoms with Crippen LogP contribution in [0.15, 0.2) is 70.3 Å². The van der Waals surface area contributed by atoms with E-state index in [4.69, 9.17) is 4.74 Å². The fourth-order valence-corrected chi connectivity index (χ4v) is 5.77. The Morgan fingerprint density at radius 3 is 2.69 bits per heavy atom. The summed E-state index contributed by atoms with van der Waals surface area (Å²) in [6, 6.07) is 15.6. The van der Waals surface area contributed by atoms with Crippen molar-refractivity contribution in [2.24, 2.45) is 0 Å². The summed E-state index contributed by atoms with van der Waals surface area (Å²) in [4.78, 5) is 13.1. The van der Waals surface area contributed by atoms with E-state index in [1.54, 1.807) is 48.9 Å². The molecule has 1 aliphatic rings. The number of thiophene rings is 1. The summed E-state index contributed by atoms with van der Waals surface area (Å²) in [5.74, 6) is 0.490. The molecule has 0 saturated carbocycles. The molecule has 0 aliphatic carbocycles. The fraction of sp³-hybridized carbons (Fsp3) is 0.208. The fourth-order valence-electron chi connectivity index (χ4n) is 3.73. The Balaban J connectivity index is 1.65. The third-order valence-corrected chi connectivity index (χ3v) is 7.93. The van der Waals surface area contributed by atoms with Crippen LogP contribution in [0, 0.1) is 0 Å². The minimum atomic E-state index is -3.69. The van der Waals surface area contributed by atoms with Crippen LogP contribution in [0.3, 0.4) is 0 Å². The van der Waals surface area contributed by atoms with E-state index in [2.05, 4.69) is 23.9 Å². The molecule has 0 radical (unpaired) electrons. The molecule has 8 heteroatoms. The lowest BCUT2D eigenvalue weighted by Gasteiger charge is -2.35. The number of methoxy groups -OCH3 is 1. The quantitative estimate of drug-likeness (QED) is 0.404. The van der Waals surface area contributed by atoms with Gasteiger partial charge in [-0.2, -0.15) is 0 Å². The summed E-state index contributed by atoms with van der Waals surface area (Å²) in [7, 11) is -2.08. The predicted octanol–water partition coefficient (Wildman–Crippen LogP) is 4.71. The molecule has 0 saturated heterocycles. The zero-order valence-corrected chi connectivity index (χ0v) is 19.6. The second kappa shape index (κ2) is 8.44. The molecule has 1 aliphatic heterocycles. The van der Waals surface area contributed by atoms with Gasteiger partial charge in [0.15, 0.2) is 5.78 Å². The van der Waals surface area contributed by atoms with Crippen molar-refractivity contribution in [3.63, 3.8) is 0 Å². The van der Waals surface area contributed by atoms with Crippen LogP contribution in [-0.4, -0.2) is 26.8 Å². The van der Waals surface area contributed by atoms with Crippen LogP contribution in [0.5, 0.6) is 5.75 Å². The second-order valence-corrected chi connectivity index (χ2v) is 11.1. The first kappa shape index (κ1) is 22.1. The van der Waals surface area contributed by atoms with E-state index in [1.807, 2.05) is 18.2 Å². The number of sulfonamides is 1. The van der Waals surface area contributed by atoms with Crippen molar-refractivity contribution < 1.29 is 17.9 Å². The van der Waals surface area contributed by atoms with Crippen LogP contribution in [0.1, 0.15) is 35.3 Å². The predicted molar refractivity (Wildman–Crippen MR) is 128 cm³/mol. The summed E-state index contributed by atoms with van der Waals surface area (Å²) in [6.45, 7) is 4.16. The molecule has 32 heavy (non-hydrogen) atoms. The first-order valence-corrected chi connectivity index (χ1v) is 12.4. The van der Waals surface area contributed by atoms with Gasteiger partial charge in [0.05, 0.1) is 7.11 Å². The van der Waals surface area contributed by atoms with E-state index in [-0.39, 0.29) is 15.5 Å². The van der Waals surface area contributed by atoms with Crippen molar-refractivity contribution in [3.8, 4) is 5.75 Å². The first-order valence-electron chi connectivity index (χ1n) is 10.0. The minimum absolute atomic E-state index is 0.216. The highest BCUT2D eigenvalue weighted by molar-refractivity contribution is 7.94. The Bertz CT molecular complexity index is 1290. The molecule has 1 aromatic heterocycles. The molecule has 4 rings (SSSR count). The lowest BCUT2D eigenvalue weighted by Crippen LogP contribution is -2.43. The molecule has 0 unspecified atom stereocenters. The number of hydrogen-bond acceptors (Lipinski definition) is 6. The van der Waals surface area contributed by atoms with Crippen molar-refractivity contribution in [2.45, 2.75) is 30.0 Å². The molecule has 3 aromatic rings. The molecule has 0 amide bonds. The Kier molecular flexibility index (Phi) is 5.83. The first-order chi connectivity index (χ1) is 15.2. The van der Waals surface area contributed by atoms with E-state index < -0.39 is 10.0 Å². The number of anilines is 1. The average Bonchev–Trinajstić information content (AvgIpc) is 3.29. The number of rotatable bonds is 6. The van der Waals surface area contributed by atoms with Gasteiger partial charge in [-0.25, -0.2) is 8.42 Å². The summed E-state index contributed by atoms with van der Waals surface area (Å²) in [5.41, 5.74) is 3.27. The Labute approximate surface area is 192 Å². The van der Waals surface area contributed by atoms with Gasteiger partial charge in [0, 0.05) is 34.1 Å². The maximum Gasteiger partial charge on any atom is 0.271 e. The Morgan fingerprint density at radius 1 is 1.16 bits per heavy atom. The monoisotopic (exact) mass is 468 g/mol. The number of ether oxygens (including phenoxy) is 1. The van der Waals surface area contributed by atoms with Crippen molar-refractivity contribution in [2.75, 3.05) is 11.8 Å². The number of fused-ring (bicyclic) bond motifs is 1. The molecule has 6 nitrogen and oxygen atoms in total. The molecule has 0 atom stereocenters. The van der Waals surface area contributed by atoms with Crippen LogP contribution in [-0.2, 0) is 16.4 Å². The summed E-state index contributed by atoms with van der Waals surface area (Å²) >= 11 is 1.13. The van der Waals surface area contributed by atoms with Gasteiger partial charge in [0.25, 0.3) is 10.0 Å². The van der Waals surface area contributed by atoms with E-state index in [0.29, 0.717) is 22.7 Å². The highest BCUT2D eigenvalue weighted by atomic mass is 32.2. The molecule has 2 heterocycles. The van der Waals surface area contributed by atoms with Gasteiger partial charge in [-0.05, 0) is 61.5 Å². The van der Waals surface area contributed by atoms with Crippen molar-refractivity contribution in [1.82, 2.24) is 5.32 Å². The van der Waals surface area contributed by atoms with Gasteiger partial charge in [0.2, 0.25) is 0 Å². The van der Waals surface area contributed by atoms with Gasteiger partial charge in [0.1, 0.15) is 9.96 Å². The maximum absolute atomic E-state index is 13.1. The summed E-state index contributed by atoms with van der Waals surface area (Å²) < 4.78 is 33.1. The number of carbonyl (C=O) groups excluding carboxylic acids is 1. The van der Waals surface area contributed by atoms with Crippen molar-refractivity contribution in [3.05, 3.63) is 82.7 Å². The van der Waals surface area contributed by atoms with Crippen LogP contribution in [0.4, 0.5) is 5.69 Å². The van der Waals surface area contributed by atoms with E-state index in [9.17, 15) is 13.2 Å². The van der Waals surface area contributed by atoms with Gasteiger partial charge < -0.3 is 10.1 Å². The third kappa shape index (κ3) is 4.71. The van der Waals surface area contributed by atoms with E-state index >= 15 is 0 Å². The number of ketones is 1. The lowest BCUT2D eigenvalue weighted by molar-refractivity contribution is 0.104. The number of allylic oxidation sites excluding steroid dienone is 1. The van der Waals surface area contributed by atoms with E-state index in [0.717, 1.165) is 28.9 Å². The highest BCUT2D eigenvalue weighted by Gasteiger charge is 2.28. The zero-order chi connectivity index (χ0) is 22.9. The number of nitrogens with one attached hydrogen (secondary N) is 2. The van der Waals surface area contributed by atoms with Gasteiger partial charge in [-0.3, -0.25) is 9.52 Å². The standard InChI is InChI=1S/C24H24N2O4S2/c1-24(2)15-17-9-10-19(30-3)13-20(17)21(25-24)14-22(27)16-6-4-7-18(12-16)26-32(28,29)23-8-5-11-31-23/h4-14,25-26H,15H2,1-3H3/b21-14-. The lowest BCUT2D eigenvalue weighted by atomic mass is 9.85. The molecular formula is C24H24N2O4S2. The van der Waals surface area contributed by atoms with Crippen molar-refractivity contribution >= 4 is 38.5 Å². The number of carbonyl (C=O) groups is 1. The molecule has 0 fully saturated rings. The maximum atomic E-state index is 13.1. The van der Waals surface area contributed by atoms with E-state index in [1.165, 1.54) is 6.07 Å². The minimum Gasteiger partial charge on any atom is -0.497 e. The second-order valence-electron chi connectivity index (χ2n) is 8.25. The smallest absolute Gasteiger partial charge is 0.271 e. The number of benzene rings is 2. The van der Waals surface area contributed by atoms with Crippen LogP contribution in [0.25, 0.3) is 5.70 Å². The Morgan fingerprint density at radius 2 is 1.97 bits per heavy atom. The molecule has 2 aromatic carbocycles. The van der Waals surface area contributed by atoms with Gasteiger partial charge >= 0.3 is 0 Å². The molecule has 166 valence electrons. The van der Waals surface area contributed by atoms with Crippen LogP contribution >= 0.6 is 11.3 Å². The third-order valence-electron chi connectivity index (χ3n) is 5.15. The largest absolute Gasteiger partial charge is 0.497 e. The molecular weight excluding hydrogens is 444 g/mol. The zero-order valence-electron chi connectivity index (χ0n) is 18.0. The number of hydrogen-bond donors (Lipinski definition) is 2. The Hall–Kier alpha value is -3.10. The average molecular weight is 469 g/mol. The van der Waals surface area contributed by atoms with Gasteiger partial charge in [-0.1, -0.05) is 24.3 Å². The van der Waals surface area contributed by atoms with Crippen LogP contribution in [0.2, 0.25) is 0 Å². The van der Waals surface area contributed by atoms with Crippen molar-refractivity contribution in [1.29, 1.82) is 0 Å². The summed E-state index contributed by atoms with van der Waals surface area (Å²) in [6.07, 6.45) is 2.38. The molecule has 2 N–H and O–H groups in total.